The molecule has 0 radical (unpaired) electrons. The lowest BCUT2D eigenvalue weighted by atomic mass is 10.2. The Hall–Kier alpha value is -2.33. The van der Waals surface area contributed by atoms with Crippen LogP contribution in [0.3, 0.4) is 0 Å². The summed E-state index contributed by atoms with van der Waals surface area (Å²) in [6, 6.07) is 16.0. The zero-order valence-electron chi connectivity index (χ0n) is 12.7. The Morgan fingerprint density at radius 3 is 2.35 bits per heavy atom. The number of para-hydroxylation sites is 2. The highest BCUT2D eigenvalue weighted by Gasteiger charge is 2.19. The molecule has 2 aromatic carbocycles. The number of halogens is 1. The fourth-order valence-corrected chi connectivity index (χ4v) is 3.15. The average molecular weight is 325 g/mol. The highest BCUT2D eigenvalue weighted by atomic mass is 35.5. The Labute approximate surface area is 140 Å². The van der Waals surface area contributed by atoms with Gasteiger partial charge in [-0.15, -0.1) is 0 Å². The molecule has 116 valence electrons. The number of nitrogens with zero attached hydrogens (tertiary/aromatic N) is 4. The van der Waals surface area contributed by atoms with Crippen LogP contribution in [0.2, 0.25) is 5.02 Å². The number of aromatic nitrogens is 2. The van der Waals surface area contributed by atoms with Gasteiger partial charge in [0.25, 0.3) is 0 Å². The molecule has 0 saturated carbocycles. The molecule has 2 heterocycles. The van der Waals surface area contributed by atoms with Crippen molar-refractivity contribution in [1.29, 1.82) is 0 Å². The molecule has 1 saturated heterocycles. The summed E-state index contributed by atoms with van der Waals surface area (Å²) in [5, 5.41) is 0.783. The molecule has 3 aromatic rings. The molecule has 4 rings (SSSR count). The number of benzene rings is 2. The number of fused-ring (bicyclic) bond motifs is 1. The van der Waals surface area contributed by atoms with Crippen molar-refractivity contribution in [3.05, 3.63) is 59.8 Å². The van der Waals surface area contributed by atoms with Crippen LogP contribution < -0.4 is 9.80 Å². The second-order valence-electron chi connectivity index (χ2n) is 5.67. The van der Waals surface area contributed by atoms with Crippen molar-refractivity contribution in [2.24, 2.45) is 0 Å². The van der Waals surface area contributed by atoms with Crippen molar-refractivity contribution in [1.82, 2.24) is 9.97 Å². The lowest BCUT2D eigenvalue weighted by molar-refractivity contribution is 0.647. The first-order chi connectivity index (χ1) is 11.3. The van der Waals surface area contributed by atoms with E-state index in [9.17, 15) is 0 Å². The molecule has 0 amide bonds. The second-order valence-corrected chi connectivity index (χ2v) is 6.11. The first-order valence-electron chi connectivity index (χ1n) is 7.77. The maximum atomic E-state index is 6.09. The van der Waals surface area contributed by atoms with Gasteiger partial charge in [0.1, 0.15) is 5.82 Å². The molecule has 5 heteroatoms. The Bertz CT molecular complexity index is 828. The molecule has 0 unspecified atom stereocenters. The van der Waals surface area contributed by atoms with Gasteiger partial charge in [-0.2, -0.15) is 0 Å². The van der Waals surface area contributed by atoms with Crippen molar-refractivity contribution in [3.8, 4) is 0 Å². The fraction of sp³-hybridized carbons (Fsp3) is 0.222. The molecular formula is C18H17ClN4. The van der Waals surface area contributed by atoms with Crippen LogP contribution in [-0.2, 0) is 0 Å². The SMILES string of the molecule is Clc1cccc(N2CCN(c3cnc4ccccc4n3)CC2)c1. The lowest BCUT2D eigenvalue weighted by Gasteiger charge is -2.36. The quantitative estimate of drug-likeness (QED) is 0.721. The molecule has 0 spiro atoms. The number of hydrogen-bond acceptors (Lipinski definition) is 4. The minimum atomic E-state index is 0.783. The average Bonchev–Trinajstić information content (AvgIpc) is 2.61. The topological polar surface area (TPSA) is 32.3 Å². The number of hydrogen-bond donors (Lipinski definition) is 0. The molecule has 0 bridgehead atoms. The maximum absolute atomic E-state index is 6.09. The summed E-state index contributed by atoms with van der Waals surface area (Å²) >= 11 is 6.09. The molecule has 1 aliphatic heterocycles. The van der Waals surface area contributed by atoms with E-state index >= 15 is 0 Å². The molecule has 1 aliphatic rings. The van der Waals surface area contributed by atoms with Gasteiger partial charge in [-0.05, 0) is 30.3 Å². The second kappa shape index (κ2) is 6.05. The highest BCUT2D eigenvalue weighted by molar-refractivity contribution is 6.30. The van der Waals surface area contributed by atoms with E-state index in [1.807, 2.05) is 48.7 Å². The molecule has 1 aromatic heterocycles. The van der Waals surface area contributed by atoms with Crippen molar-refractivity contribution in [2.75, 3.05) is 36.0 Å². The van der Waals surface area contributed by atoms with Gasteiger partial charge in [0.15, 0.2) is 0 Å². The Kier molecular flexibility index (Phi) is 3.75. The first kappa shape index (κ1) is 14.3. The summed E-state index contributed by atoms with van der Waals surface area (Å²) in [6.07, 6.45) is 1.87. The fourth-order valence-electron chi connectivity index (χ4n) is 2.97. The van der Waals surface area contributed by atoms with Crippen molar-refractivity contribution >= 4 is 34.1 Å². The molecule has 1 fully saturated rings. The predicted octanol–water partition coefficient (Wildman–Crippen LogP) is 3.61. The van der Waals surface area contributed by atoms with E-state index in [1.54, 1.807) is 0 Å². The summed E-state index contributed by atoms with van der Waals surface area (Å²) in [4.78, 5) is 13.9. The summed E-state index contributed by atoms with van der Waals surface area (Å²) in [5.41, 5.74) is 3.07. The van der Waals surface area contributed by atoms with Crippen LogP contribution in [0.25, 0.3) is 11.0 Å². The largest absolute Gasteiger partial charge is 0.368 e. The van der Waals surface area contributed by atoms with E-state index in [0.717, 1.165) is 48.1 Å². The van der Waals surface area contributed by atoms with E-state index in [2.05, 4.69) is 20.9 Å². The van der Waals surface area contributed by atoms with Gasteiger partial charge in [0.05, 0.1) is 17.2 Å². The van der Waals surface area contributed by atoms with Crippen LogP contribution in [-0.4, -0.2) is 36.1 Å². The molecule has 0 N–H and O–H groups in total. The van der Waals surface area contributed by atoms with Crippen molar-refractivity contribution in [2.45, 2.75) is 0 Å². The summed E-state index contributed by atoms with van der Waals surface area (Å²) < 4.78 is 0. The van der Waals surface area contributed by atoms with Gasteiger partial charge in [-0.1, -0.05) is 29.8 Å². The summed E-state index contributed by atoms with van der Waals surface area (Å²) in [5.74, 6) is 0.953. The van der Waals surface area contributed by atoms with E-state index in [-0.39, 0.29) is 0 Å². The van der Waals surface area contributed by atoms with Crippen molar-refractivity contribution in [3.63, 3.8) is 0 Å². The number of piperazine rings is 1. The number of rotatable bonds is 2. The standard InChI is InChI=1S/C18H17ClN4/c19-14-4-3-5-15(12-14)22-8-10-23(11-9-22)18-13-20-16-6-1-2-7-17(16)21-18/h1-7,12-13H,8-11H2. The molecule has 0 atom stereocenters. The summed E-state index contributed by atoms with van der Waals surface area (Å²) in [7, 11) is 0. The van der Waals surface area contributed by atoms with Crippen LogP contribution >= 0.6 is 11.6 Å². The van der Waals surface area contributed by atoms with Gasteiger partial charge >= 0.3 is 0 Å². The van der Waals surface area contributed by atoms with E-state index in [4.69, 9.17) is 16.6 Å². The lowest BCUT2D eigenvalue weighted by Crippen LogP contribution is -2.46. The molecule has 0 aliphatic carbocycles. The van der Waals surface area contributed by atoms with E-state index in [1.165, 1.54) is 5.69 Å². The van der Waals surface area contributed by atoms with Crippen LogP contribution in [0, 0.1) is 0 Å². The zero-order valence-corrected chi connectivity index (χ0v) is 13.4. The third kappa shape index (κ3) is 2.94. The minimum Gasteiger partial charge on any atom is -0.368 e. The normalized spacial score (nSPS) is 15.2. The van der Waals surface area contributed by atoms with E-state index < -0.39 is 0 Å². The third-order valence-corrected chi connectivity index (χ3v) is 4.45. The van der Waals surface area contributed by atoms with E-state index in [0.29, 0.717) is 0 Å². The van der Waals surface area contributed by atoms with Crippen LogP contribution in [0.1, 0.15) is 0 Å². The van der Waals surface area contributed by atoms with Crippen LogP contribution in [0.15, 0.2) is 54.7 Å². The van der Waals surface area contributed by atoms with Crippen molar-refractivity contribution < 1.29 is 0 Å². The predicted molar refractivity (Wildman–Crippen MR) is 95.4 cm³/mol. The maximum Gasteiger partial charge on any atom is 0.147 e. The van der Waals surface area contributed by atoms with Gasteiger partial charge in [-0.3, -0.25) is 4.98 Å². The Balaban J connectivity index is 1.50. The zero-order chi connectivity index (χ0) is 15.6. The van der Waals surface area contributed by atoms with Gasteiger partial charge in [-0.25, -0.2) is 4.98 Å². The molecule has 4 nitrogen and oxygen atoms in total. The smallest absolute Gasteiger partial charge is 0.147 e. The van der Waals surface area contributed by atoms with Gasteiger partial charge < -0.3 is 9.80 Å². The van der Waals surface area contributed by atoms with Gasteiger partial charge in [0.2, 0.25) is 0 Å². The van der Waals surface area contributed by atoms with Crippen LogP contribution in [0.5, 0.6) is 0 Å². The highest BCUT2D eigenvalue weighted by Crippen LogP contribution is 2.22. The molecular weight excluding hydrogens is 308 g/mol. The number of anilines is 2. The monoisotopic (exact) mass is 324 g/mol. The minimum absolute atomic E-state index is 0.783. The van der Waals surface area contributed by atoms with Crippen LogP contribution in [0.4, 0.5) is 11.5 Å². The van der Waals surface area contributed by atoms with Gasteiger partial charge in [0, 0.05) is 36.9 Å². The Morgan fingerprint density at radius 1 is 0.826 bits per heavy atom. The Morgan fingerprint density at radius 2 is 1.57 bits per heavy atom. The first-order valence-corrected chi connectivity index (χ1v) is 8.15. The molecule has 23 heavy (non-hydrogen) atoms. The summed E-state index contributed by atoms with van der Waals surface area (Å²) in [6.45, 7) is 3.77. The third-order valence-electron chi connectivity index (χ3n) is 4.21.